The first-order chi connectivity index (χ1) is 8.66. The first kappa shape index (κ1) is 13.3. The Morgan fingerprint density at radius 1 is 1.22 bits per heavy atom. The van der Waals surface area contributed by atoms with Crippen LogP contribution in [0.15, 0.2) is 0 Å². The summed E-state index contributed by atoms with van der Waals surface area (Å²) in [5, 5.41) is 6.39. The zero-order valence-corrected chi connectivity index (χ0v) is 11.1. The number of rotatable bonds is 2. The van der Waals surface area contributed by atoms with Crippen molar-refractivity contribution in [2.45, 2.75) is 38.6 Å². The van der Waals surface area contributed by atoms with Crippen molar-refractivity contribution < 1.29 is 9.59 Å². The molecule has 0 radical (unpaired) electrons. The van der Waals surface area contributed by atoms with Gasteiger partial charge in [0, 0.05) is 32.6 Å². The van der Waals surface area contributed by atoms with Gasteiger partial charge in [0.2, 0.25) is 11.8 Å². The van der Waals surface area contributed by atoms with Crippen LogP contribution in [0.3, 0.4) is 0 Å². The van der Waals surface area contributed by atoms with Crippen molar-refractivity contribution >= 4 is 11.8 Å². The van der Waals surface area contributed by atoms with E-state index in [0.29, 0.717) is 0 Å². The standard InChI is InChI=1S/C13H23N3O2/c1-10(17)16-7-4-12(5-8-16)15-13(18)11-3-2-6-14-9-11/h11-12,14H,2-9H2,1H3,(H,15,18)/t11-/m0/s1. The van der Waals surface area contributed by atoms with Crippen molar-refractivity contribution in [3.8, 4) is 0 Å². The molecule has 0 aliphatic carbocycles. The summed E-state index contributed by atoms with van der Waals surface area (Å²) >= 11 is 0. The summed E-state index contributed by atoms with van der Waals surface area (Å²) in [7, 11) is 0. The summed E-state index contributed by atoms with van der Waals surface area (Å²) in [6.45, 7) is 4.97. The fraction of sp³-hybridized carbons (Fsp3) is 0.846. The molecular formula is C13H23N3O2. The maximum Gasteiger partial charge on any atom is 0.224 e. The lowest BCUT2D eigenvalue weighted by Gasteiger charge is -2.33. The highest BCUT2D eigenvalue weighted by Gasteiger charge is 2.26. The quantitative estimate of drug-likeness (QED) is 0.734. The van der Waals surface area contributed by atoms with Crippen LogP contribution >= 0.6 is 0 Å². The molecule has 2 aliphatic heterocycles. The monoisotopic (exact) mass is 253 g/mol. The van der Waals surface area contributed by atoms with E-state index in [1.54, 1.807) is 6.92 Å². The molecule has 0 aromatic heterocycles. The molecule has 1 atom stereocenters. The minimum absolute atomic E-state index is 0.129. The highest BCUT2D eigenvalue weighted by Crippen LogP contribution is 2.14. The van der Waals surface area contributed by atoms with Crippen LogP contribution in [0.1, 0.15) is 32.6 Å². The lowest BCUT2D eigenvalue weighted by atomic mass is 9.97. The third kappa shape index (κ3) is 3.45. The first-order valence-electron chi connectivity index (χ1n) is 6.93. The molecule has 0 saturated carbocycles. The summed E-state index contributed by atoms with van der Waals surface area (Å²) in [6.07, 6.45) is 3.84. The zero-order chi connectivity index (χ0) is 13.0. The predicted octanol–water partition coefficient (Wildman–Crippen LogP) is 0.113. The third-order valence-corrected chi connectivity index (χ3v) is 3.95. The molecule has 0 bridgehead atoms. The predicted molar refractivity (Wildman–Crippen MR) is 69.0 cm³/mol. The van der Waals surface area contributed by atoms with Crippen molar-refractivity contribution in [3.05, 3.63) is 0 Å². The molecule has 2 aliphatic rings. The third-order valence-electron chi connectivity index (χ3n) is 3.95. The number of nitrogens with zero attached hydrogens (tertiary/aromatic N) is 1. The molecule has 0 spiro atoms. The largest absolute Gasteiger partial charge is 0.353 e. The summed E-state index contributed by atoms with van der Waals surface area (Å²) in [4.78, 5) is 25.1. The minimum Gasteiger partial charge on any atom is -0.353 e. The van der Waals surface area contributed by atoms with E-state index in [1.165, 1.54) is 0 Å². The fourth-order valence-electron chi connectivity index (χ4n) is 2.73. The van der Waals surface area contributed by atoms with Crippen molar-refractivity contribution in [3.63, 3.8) is 0 Å². The van der Waals surface area contributed by atoms with Gasteiger partial charge in [-0.25, -0.2) is 0 Å². The molecule has 2 saturated heterocycles. The lowest BCUT2D eigenvalue weighted by Crippen LogP contribution is -2.49. The van der Waals surface area contributed by atoms with E-state index in [0.717, 1.165) is 51.9 Å². The van der Waals surface area contributed by atoms with Crippen molar-refractivity contribution in [1.82, 2.24) is 15.5 Å². The van der Waals surface area contributed by atoms with Gasteiger partial charge in [-0.3, -0.25) is 9.59 Å². The smallest absolute Gasteiger partial charge is 0.224 e. The normalized spacial score (nSPS) is 25.8. The van der Waals surface area contributed by atoms with E-state index >= 15 is 0 Å². The van der Waals surface area contributed by atoms with Crippen LogP contribution in [0.5, 0.6) is 0 Å². The van der Waals surface area contributed by atoms with Gasteiger partial charge in [-0.15, -0.1) is 0 Å². The number of amides is 2. The number of piperidine rings is 2. The van der Waals surface area contributed by atoms with E-state index in [9.17, 15) is 9.59 Å². The number of hydrogen-bond donors (Lipinski definition) is 2. The Hall–Kier alpha value is -1.10. The van der Waals surface area contributed by atoms with Crippen molar-refractivity contribution in [2.75, 3.05) is 26.2 Å². The van der Waals surface area contributed by atoms with Gasteiger partial charge in [0.15, 0.2) is 0 Å². The minimum atomic E-state index is 0.129. The molecule has 2 rings (SSSR count). The van der Waals surface area contributed by atoms with Crippen LogP contribution in [0.25, 0.3) is 0 Å². The summed E-state index contributed by atoms with van der Waals surface area (Å²) < 4.78 is 0. The molecule has 2 amide bonds. The Labute approximate surface area is 108 Å². The molecule has 5 nitrogen and oxygen atoms in total. The molecule has 0 aromatic carbocycles. The number of hydrogen-bond acceptors (Lipinski definition) is 3. The maximum atomic E-state index is 12.1. The Kier molecular flexibility index (Phi) is 4.58. The van der Waals surface area contributed by atoms with Gasteiger partial charge < -0.3 is 15.5 Å². The summed E-state index contributed by atoms with van der Waals surface area (Å²) in [5.41, 5.74) is 0. The van der Waals surface area contributed by atoms with Crippen LogP contribution in [0.4, 0.5) is 0 Å². The Morgan fingerprint density at radius 3 is 2.50 bits per heavy atom. The Balaban J connectivity index is 1.73. The van der Waals surface area contributed by atoms with E-state index in [4.69, 9.17) is 0 Å². The van der Waals surface area contributed by atoms with Crippen LogP contribution in [-0.4, -0.2) is 48.9 Å². The molecule has 2 fully saturated rings. The zero-order valence-electron chi connectivity index (χ0n) is 11.1. The van der Waals surface area contributed by atoms with Crippen molar-refractivity contribution in [2.24, 2.45) is 5.92 Å². The summed E-state index contributed by atoms with van der Waals surface area (Å²) in [5.74, 6) is 0.448. The molecule has 0 aromatic rings. The van der Waals surface area contributed by atoms with Gasteiger partial charge in [-0.1, -0.05) is 0 Å². The van der Waals surface area contributed by atoms with E-state index in [2.05, 4.69) is 10.6 Å². The second-order valence-corrected chi connectivity index (χ2v) is 5.33. The van der Waals surface area contributed by atoms with Crippen LogP contribution in [0, 0.1) is 5.92 Å². The Bertz CT molecular complexity index is 305. The van der Waals surface area contributed by atoms with Gasteiger partial charge in [0.25, 0.3) is 0 Å². The lowest BCUT2D eigenvalue weighted by molar-refractivity contribution is -0.130. The number of nitrogens with one attached hydrogen (secondary N) is 2. The van der Waals surface area contributed by atoms with Gasteiger partial charge >= 0.3 is 0 Å². The average Bonchev–Trinajstić information content (AvgIpc) is 2.40. The van der Waals surface area contributed by atoms with Gasteiger partial charge in [-0.2, -0.15) is 0 Å². The highest BCUT2D eigenvalue weighted by molar-refractivity contribution is 5.79. The van der Waals surface area contributed by atoms with Crippen molar-refractivity contribution in [1.29, 1.82) is 0 Å². The second-order valence-electron chi connectivity index (χ2n) is 5.33. The van der Waals surface area contributed by atoms with Crippen LogP contribution in [0.2, 0.25) is 0 Å². The molecule has 5 heteroatoms. The molecule has 102 valence electrons. The number of carbonyl (C=O) groups excluding carboxylic acids is 2. The topological polar surface area (TPSA) is 61.4 Å². The van der Waals surface area contributed by atoms with Crippen LogP contribution in [-0.2, 0) is 9.59 Å². The number of carbonyl (C=O) groups is 2. The van der Waals surface area contributed by atoms with Crippen LogP contribution < -0.4 is 10.6 Å². The molecular weight excluding hydrogens is 230 g/mol. The first-order valence-corrected chi connectivity index (χ1v) is 6.93. The van der Waals surface area contributed by atoms with Gasteiger partial charge in [0.1, 0.15) is 0 Å². The fourth-order valence-corrected chi connectivity index (χ4v) is 2.73. The molecule has 2 N–H and O–H groups in total. The Morgan fingerprint density at radius 2 is 1.94 bits per heavy atom. The maximum absolute atomic E-state index is 12.1. The second kappa shape index (κ2) is 6.18. The average molecular weight is 253 g/mol. The molecule has 0 unspecified atom stereocenters. The number of likely N-dealkylation sites (tertiary alicyclic amines) is 1. The van der Waals surface area contributed by atoms with Gasteiger partial charge in [-0.05, 0) is 32.2 Å². The molecule has 18 heavy (non-hydrogen) atoms. The highest BCUT2D eigenvalue weighted by atomic mass is 16.2. The van der Waals surface area contributed by atoms with E-state index in [1.807, 2.05) is 4.90 Å². The van der Waals surface area contributed by atoms with E-state index in [-0.39, 0.29) is 23.8 Å². The SMILES string of the molecule is CC(=O)N1CCC(NC(=O)[C@H]2CCCNC2)CC1. The molecule has 2 heterocycles. The van der Waals surface area contributed by atoms with E-state index < -0.39 is 0 Å². The van der Waals surface area contributed by atoms with Gasteiger partial charge in [0.05, 0.1) is 5.92 Å². The summed E-state index contributed by atoms with van der Waals surface area (Å²) in [6, 6.07) is 0.245.